The molecule has 0 saturated heterocycles. The molecule has 7 heteroatoms. The average Bonchev–Trinajstić information content (AvgIpc) is 2.94. The maximum atomic E-state index is 11.9. The number of nitrogens with zero attached hydrogens (tertiary/aromatic N) is 1. The number of rotatable bonds is 8. The number of ether oxygens (including phenoxy) is 1. The second-order valence-electron chi connectivity index (χ2n) is 5.42. The topological polar surface area (TPSA) is 63.2 Å². The summed E-state index contributed by atoms with van der Waals surface area (Å²) in [6.07, 6.45) is 0. The summed E-state index contributed by atoms with van der Waals surface area (Å²) in [6.45, 7) is 5.47. The third-order valence-corrected chi connectivity index (χ3v) is 4.85. The van der Waals surface area contributed by atoms with Crippen molar-refractivity contribution in [2.24, 2.45) is 0 Å². The zero-order chi connectivity index (χ0) is 17.5. The molecule has 2 N–H and O–H groups in total. The van der Waals surface area contributed by atoms with E-state index in [9.17, 15) is 4.79 Å². The first-order valence-corrected chi connectivity index (χ1v) is 8.93. The molecule has 0 spiro atoms. The van der Waals surface area contributed by atoms with E-state index < -0.39 is 0 Å². The van der Waals surface area contributed by atoms with E-state index in [1.807, 2.05) is 38.1 Å². The molecule has 2 rings (SSSR count). The highest BCUT2D eigenvalue weighted by Crippen LogP contribution is 2.31. The van der Waals surface area contributed by atoms with E-state index in [0.29, 0.717) is 18.2 Å². The number of aryl methyl sites for hydroxylation is 1. The van der Waals surface area contributed by atoms with Crippen molar-refractivity contribution in [1.82, 2.24) is 15.6 Å². The van der Waals surface area contributed by atoms with Gasteiger partial charge in [-0.2, -0.15) is 0 Å². The van der Waals surface area contributed by atoms with E-state index in [2.05, 4.69) is 10.6 Å². The molecule has 1 amide bonds. The minimum absolute atomic E-state index is 0.0560. The van der Waals surface area contributed by atoms with Crippen LogP contribution in [0.3, 0.4) is 0 Å². The van der Waals surface area contributed by atoms with E-state index in [-0.39, 0.29) is 18.5 Å². The van der Waals surface area contributed by atoms with Gasteiger partial charge in [-0.15, -0.1) is 11.3 Å². The zero-order valence-electron chi connectivity index (χ0n) is 14.1. The SMILES string of the molecule is COCCNCC(=O)NC(C)c1nc(-c2ccc(Cl)cc2)c(C)s1. The van der Waals surface area contributed by atoms with Crippen molar-refractivity contribution in [1.29, 1.82) is 0 Å². The molecule has 1 heterocycles. The third kappa shape index (κ3) is 5.27. The smallest absolute Gasteiger partial charge is 0.234 e. The van der Waals surface area contributed by atoms with Gasteiger partial charge in [0.1, 0.15) is 5.01 Å². The van der Waals surface area contributed by atoms with Crippen LogP contribution < -0.4 is 10.6 Å². The summed E-state index contributed by atoms with van der Waals surface area (Å²) >= 11 is 7.53. The quantitative estimate of drug-likeness (QED) is 0.703. The van der Waals surface area contributed by atoms with Crippen molar-refractivity contribution < 1.29 is 9.53 Å². The Kier molecular flexibility index (Phi) is 7.17. The molecular formula is C17H22ClN3O2S. The Morgan fingerprint density at radius 2 is 2.08 bits per heavy atom. The van der Waals surface area contributed by atoms with Crippen molar-refractivity contribution >= 4 is 28.8 Å². The van der Waals surface area contributed by atoms with Crippen molar-refractivity contribution in [3.8, 4) is 11.3 Å². The molecule has 5 nitrogen and oxygen atoms in total. The number of aromatic nitrogens is 1. The van der Waals surface area contributed by atoms with Gasteiger partial charge >= 0.3 is 0 Å². The molecule has 1 aromatic carbocycles. The van der Waals surface area contributed by atoms with Gasteiger partial charge in [-0.1, -0.05) is 23.7 Å². The largest absolute Gasteiger partial charge is 0.383 e. The first-order valence-electron chi connectivity index (χ1n) is 7.73. The van der Waals surface area contributed by atoms with E-state index >= 15 is 0 Å². The molecule has 1 unspecified atom stereocenters. The lowest BCUT2D eigenvalue weighted by atomic mass is 10.1. The second kappa shape index (κ2) is 9.13. The number of hydrogen-bond donors (Lipinski definition) is 2. The number of halogens is 1. The predicted molar refractivity (Wildman–Crippen MR) is 98.6 cm³/mol. The number of amides is 1. The fourth-order valence-corrected chi connectivity index (χ4v) is 3.28. The number of thiazole rings is 1. The molecular weight excluding hydrogens is 346 g/mol. The number of benzene rings is 1. The molecule has 1 atom stereocenters. The van der Waals surface area contributed by atoms with Crippen LogP contribution in [0.25, 0.3) is 11.3 Å². The molecule has 0 bridgehead atoms. The Morgan fingerprint density at radius 1 is 1.38 bits per heavy atom. The highest BCUT2D eigenvalue weighted by Gasteiger charge is 2.16. The number of nitrogens with one attached hydrogen (secondary N) is 2. The maximum Gasteiger partial charge on any atom is 0.234 e. The third-order valence-electron chi connectivity index (χ3n) is 3.45. The fourth-order valence-electron chi connectivity index (χ4n) is 2.21. The summed E-state index contributed by atoms with van der Waals surface area (Å²) in [5.74, 6) is -0.0560. The summed E-state index contributed by atoms with van der Waals surface area (Å²) in [4.78, 5) is 17.7. The van der Waals surface area contributed by atoms with Crippen LogP contribution in [0.5, 0.6) is 0 Å². The average molecular weight is 368 g/mol. The normalized spacial score (nSPS) is 12.2. The van der Waals surface area contributed by atoms with Gasteiger partial charge in [0.25, 0.3) is 0 Å². The van der Waals surface area contributed by atoms with Gasteiger partial charge in [-0.05, 0) is 26.0 Å². The number of carbonyl (C=O) groups is 1. The molecule has 0 aliphatic rings. The van der Waals surface area contributed by atoms with E-state index in [0.717, 1.165) is 21.1 Å². The van der Waals surface area contributed by atoms with Gasteiger partial charge in [-0.3, -0.25) is 4.79 Å². The van der Waals surface area contributed by atoms with E-state index in [4.69, 9.17) is 21.3 Å². The van der Waals surface area contributed by atoms with Gasteiger partial charge in [0.05, 0.1) is 24.9 Å². The molecule has 24 heavy (non-hydrogen) atoms. The predicted octanol–water partition coefficient (Wildman–Crippen LogP) is 3.19. The number of methoxy groups -OCH3 is 1. The highest BCUT2D eigenvalue weighted by molar-refractivity contribution is 7.12. The first-order chi connectivity index (χ1) is 11.5. The van der Waals surface area contributed by atoms with E-state index in [1.165, 1.54) is 0 Å². The molecule has 2 aromatic rings. The van der Waals surface area contributed by atoms with Gasteiger partial charge in [0.2, 0.25) is 5.91 Å². The van der Waals surface area contributed by atoms with Gasteiger partial charge in [-0.25, -0.2) is 4.98 Å². The monoisotopic (exact) mass is 367 g/mol. The Morgan fingerprint density at radius 3 is 2.75 bits per heavy atom. The molecule has 1 aromatic heterocycles. The Balaban J connectivity index is 1.98. The molecule has 0 fully saturated rings. The first kappa shape index (κ1) is 18.9. The molecule has 0 aliphatic heterocycles. The summed E-state index contributed by atoms with van der Waals surface area (Å²) in [7, 11) is 1.63. The van der Waals surface area contributed by atoms with Crippen LogP contribution in [0.2, 0.25) is 5.02 Å². The van der Waals surface area contributed by atoms with Crippen LogP contribution in [-0.2, 0) is 9.53 Å². The summed E-state index contributed by atoms with van der Waals surface area (Å²) < 4.78 is 4.93. The van der Waals surface area contributed by atoms with Crippen molar-refractivity contribution in [2.45, 2.75) is 19.9 Å². The van der Waals surface area contributed by atoms with Crippen LogP contribution in [0.15, 0.2) is 24.3 Å². The van der Waals surface area contributed by atoms with Crippen molar-refractivity contribution in [3.05, 3.63) is 39.2 Å². The van der Waals surface area contributed by atoms with Crippen LogP contribution in [0.1, 0.15) is 22.9 Å². The van der Waals surface area contributed by atoms with Gasteiger partial charge in [0.15, 0.2) is 0 Å². The van der Waals surface area contributed by atoms with Crippen molar-refractivity contribution in [2.75, 3.05) is 26.8 Å². The number of hydrogen-bond acceptors (Lipinski definition) is 5. The summed E-state index contributed by atoms with van der Waals surface area (Å²) in [5.41, 5.74) is 1.96. The standard InChI is InChI=1S/C17H22ClN3O2S/c1-11(20-15(22)10-19-8-9-23-3)17-21-16(12(2)24-17)13-4-6-14(18)7-5-13/h4-7,11,19H,8-10H2,1-3H3,(H,20,22). The Bertz CT molecular complexity index is 673. The minimum atomic E-state index is -0.133. The van der Waals surface area contributed by atoms with Crippen LogP contribution >= 0.6 is 22.9 Å². The summed E-state index contributed by atoms with van der Waals surface area (Å²) in [6, 6.07) is 7.48. The molecule has 0 saturated carbocycles. The van der Waals surface area contributed by atoms with Crippen LogP contribution in [0, 0.1) is 6.92 Å². The summed E-state index contributed by atoms with van der Waals surface area (Å²) in [5, 5.41) is 7.58. The van der Waals surface area contributed by atoms with E-state index in [1.54, 1.807) is 18.4 Å². The maximum absolute atomic E-state index is 11.9. The second-order valence-corrected chi connectivity index (χ2v) is 7.09. The lowest BCUT2D eigenvalue weighted by molar-refractivity contribution is -0.120. The molecule has 0 aliphatic carbocycles. The minimum Gasteiger partial charge on any atom is -0.383 e. The van der Waals surface area contributed by atoms with Gasteiger partial charge in [0, 0.05) is 29.1 Å². The Labute approximate surface area is 151 Å². The lowest BCUT2D eigenvalue weighted by Crippen LogP contribution is -2.36. The Hall–Kier alpha value is -1.47. The highest BCUT2D eigenvalue weighted by atomic mass is 35.5. The van der Waals surface area contributed by atoms with Crippen LogP contribution in [-0.4, -0.2) is 37.7 Å². The van der Waals surface area contributed by atoms with Gasteiger partial charge < -0.3 is 15.4 Å². The van der Waals surface area contributed by atoms with Crippen molar-refractivity contribution in [3.63, 3.8) is 0 Å². The fraction of sp³-hybridized carbons (Fsp3) is 0.412. The van der Waals surface area contributed by atoms with Crippen LogP contribution in [0.4, 0.5) is 0 Å². The lowest BCUT2D eigenvalue weighted by Gasteiger charge is -2.11. The zero-order valence-corrected chi connectivity index (χ0v) is 15.6. The number of carbonyl (C=O) groups excluding carboxylic acids is 1. The molecule has 130 valence electrons. The molecule has 0 radical (unpaired) electrons.